The van der Waals surface area contributed by atoms with Gasteiger partial charge in [-0.1, -0.05) is 36.4 Å². The summed E-state index contributed by atoms with van der Waals surface area (Å²) in [7, 11) is 0. The molecule has 0 radical (unpaired) electrons. The van der Waals surface area contributed by atoms with Gasteiger partial charge in [0.2, 0.25) is 5.91 Å². The third-order valence-corrected chi connectivity index (χ3v) is 3.06. The smallest absolute Gasteiger partial charge is 0.337 e. The van der Waals surface area contributed by atoms with Gasteiger partial charge < -0.3 is 20.6 Å². The van der Waals surface area contributed by atoms with Gasteiger partial charge in [0.1, 0.15) is 0 Å². The summed E-state index contributed by atoms with van der Waals surface area (Å²) in [6, 6.07) is 10.4. The number of carboxylic acid groups (broad SMARTS) is 1. The number of carboxylic acids is 1. The maximum Gasteiger partial charge on any atom is 0.337 e. The molecule has 2 rings (SSSR count). The molecular formula is C18H15NO5. The first kappa shape index (κ1) is 16.8. The lowest BCUT2D eigenvalue weighted by Crippen LogP contribution is -2.11. The molecule has 2 aromatic rings. The monoisotopic (exact) mass is 325 g/mol. The third kappa shape index (κ3) is 4.48. The first-order valence-electron chi connectivity index (χ1n) is 6.97. The number of carbonyl (C=O) groups is 2. The maximum absolute atomic E-state index is 11.8. The van der Waals surface area contributed by atoms with E-state index in [0.29, 0.717) is 5.56 Å². The van der Waals surface area contributed by atoms with Gasteiger partial charge in [-0.3, -0.25) is 4.79 Å². The van der Waals surface area contributed by atoms with Crippen molar-refractivity contribution in [3.8, 4) is 11.5 Å². The van der Waals surface area contributed by atoms with E-state index in [2.05, 4.69) is 5.32 Å². The highest BCUT2D eigenvalue weighted by Crippen LogP contribution is 2.25. The lowest BCUT2D eigenvalue weighted by molar-refractivity contribution is -0.111. The highest BCUT2D eigenvalue weighted by atomic mass is 16.4. The van der Waals surface area contributed by atoms with Crippen molar-refractivity contribution >= 4 is 23.6 Å². The zero-order valence-corrected chi connectivity index (χ0v) is 12.5. The molecule has 24 heavy (non-hydrogen) atoms. The fourth-order valence-corrected chi connectivity index (χ4v) is 1.91. The Labute approximate surface area is 138 Å². The van der Waals surface area contributed by atoms with Crippen LogP contribution in [0.25, 0.3) is 6.08 Å². The highest BCUT2D eigenvalue weighted by Gasteiger charge is 2.09. The second kappa shape index (κ2) is 7.64. The van der Waals surface area contributed by atoms with E-state index in [1.165, 1.54) is 36.4 Å². The van der Waals surface area contributed by atoms with Crippen LogP contribution in [0.4, 0.5) is 5.69 Å². The molecule has 0 aromatic heterocycles. The highest BCUT2D eigenvalue weighted by molar-refractivity contribution is 6.04. The van der Waals surface area contributed by atoms with Crippen molar-refractivity contribution < 1.29 is 24.9 Å². The number of carbonyl (C=O) groups excluding carboxylic acids is 1. The molecule has 0 saturated carbocycles. The number of benzene rings is 2. The predicted molar refractivity (Wildman–Crippen MR) is 90.0 cm³/mol. The van der Waals surface area contributed by atoms with Gasteiger partial charge in [0, 0.05) is 6.08 Å². The molecular weight excluding hydrogens is 310 g/mol. The molecule has 0 aliphatic carbocycles. The second-order valence-corrected chi connectivity index (χ2v) is 4.81. The van der Waals surface area contributed by atoms with E-state index < -0.39 is 11.9 Å². The minimum absolute atomic E-state index is 0.00867. The van der Waals surface area contributed by atoms with Crippen LogP contribution >= 0.6 is 0 Å². The van der Waals surface area contributed by atoms with E-state index in [4.69, 9.17) is 5.11 Å². The van der Waals surface area contributed by atoms with Gasteiger partial charge in [-0.2, -0.15) is 0 Å². The number of anilines is 1. The van der Waals surface area contributed by atoms with Crippen LogP contribution in [0.15, 0.2) is 60.7 Å². The van der Waals surface area contributed by atoms with E-state index >= 15 is 0 Å². The van der Waals surface area contributed by atoms with Crippen LogP contribution < -0.4 is 5.32 Å². The van der Waals surface area contributed by atoms with E-state index in [0.717, 1.165) is 0 Å². The van der Waals surface area contributed by atoms with Gasteiger partial charge in [-0.05, 0) is 29.8 Å². The summed E-state index contributed by atoms with van der Waals surface area (Å²) in [5.74, 6) is -2.04. The molecule has 0 aliphatic heterocycles. The van der Waals surface area contributed by atoms with Gasteiger partial charge in [-0.15, -0.1) is 0 Å². The van der Waals surface area contributed by atoms with Crippen molar-refractivity contribution in [3.05, 3.63) is 71.8 Å². The minimum atomic E-state index is -1.12. The van der Waals surface area contributed by atoms with Crippen LogP contribution in [-0.4, -0.2) is 27.2 Å². The third-order valence-electron chi connectivity index (χ3n) is 3.06. The summed E-state index contributed by atoms with van der Waals surface area (Å²) < 4.78 is 0. The lowest BCUT2D eigenvalue weighted by atomic mass is 10.1. The molecule has 6 heteroatoms. The Morgan fingerprint density at radius 2 is 1.71 bits per heavy atom. The van der Waals surface area contributed by atoms with Crippen molar-refractivity contribution in [3.63, 3.8) is 0 Å². The Morgan fingerprint density at radius 3 is 2.42 bits per heavy atom. The van der Waals surface area contributed by atoms with E-state index in [-0.39, 0.29) is 22.7 Å². The number of amides is 1. The average Bonchev–Trinajstić information content (AvgIpc) is 2.55. The zero-order valence-electron chi connectivity index (χ0n) is 12.5. The van der Waals surface area contributed by atoms with Crippen LogP contribution in [0.1, 0.15) is 15.9 Å². The number of hydrogen-bond donors (Lipinski definition) is 4. The van der Waals surface area contributed by atoms with Crippen molar-refractivity contribution in [2.45, 2.75) is 0 Å². The maximum atomic E-state index is 11.8. The van der Waals surface area contributed by atoms with Crippen molar-refractivity contribution in [1.82, 2.24) is 0 Å². The summed E-state index contributed by atoms with van der Waals surface area (Å²) in [5, 5.41) is 30.1. The first-order valence-corrected chi connectivity index (χ1v) is 6.97. The quantitative estimate of drug-likeness (QED) is 0.384. The number of hydrogen-bond acceptors (Lipinski definition) is 4. The van der Waals surface area contributed by atoms with Crippen LogP contribution in [0, 0.1) is 0 Å². The molecule has 0 unspecified atom stereocenters. The SMILES string of the molecule is O=C(C=CC=Cc1ccc(O)c(O)c1)Nc1ccccc1C(=O)O. The van der Waals surface area contributed by atoms with Gasteiger partial charge in [0.15, 0.2) is 11.5 Å². The largest absolute Gasteiger partial charge is 0.504 e. The Kier molecular flexibility index (Phi) is 5.36. The van der Waals surface area contributed by atoms with Crippen LogP contribution in [0.3, 0.4) is 0 Å². The predicted octanol–water partition coefficient (Wildman–Crippen LogP) is 3.00. The molecule has 1 amide bonds. The number of phenolic OH excluding ortho intramolecular Hbond substituents is 2. The Hall–Kier alpha value is -3.54. The van der Waals surface area contributed by atoms with Crippen molar-refractivity contribution in [2.24, 2.45) is 0 Å². The average molecular weight is 325 g/mol. The number of allylic oxidation sites excluding steroid dienone is 2. The van der Waals surface area contributed by atoms with Crippen LogP contribution in [0.2, 0.25) is 0 Å². The molecule has 0 aliphatic rings. The summed E-state index contributed by atoms with van der Waals surface area (Å²) >= 11 is 0. The summed E-state index contributed by atoms with van der Waals surface area (Å²) in [6.07, 6.45) is 5.93. The Balaban J connectivity index is 1.99. The molecule has 0 saturated heterocycles. The number of phenols is 2. The van der Waals surface area contributed by atoms with Crippen molar-refractivity contribution in [1.29, 1.82) is 0 Å². The first-order chi connectivity index (χ1) is 11.5. The Bertz CT molecular complexity index is 824. The number of nitrogens with one attached hydrogen (secondary N) is 1. The lowest BCUT2D eigenvalue weighted by Gasteiger charge is -2.05. The normalized spacial score (nSPS) is 11.0. The molecule has 6 nitrogen and oxygen atoms in total. The number of aromatic carboxylic acids is 1. The fourth-order valence-electron chi connectivity index (χ4n) is 1.91. The molecule has 0 bridgehead atoms. The molecule has 122 valence electrons. The van der Waals surface area contributed by atoms with Crippen LogP contribution in [-0.2, 0) is 4.79 Å². The topological polar surface area (TPSA) is 107 Å². The van der Waals surface area contributed by atoms with Gasteiger partial charge in [0.05, 0.1) is 11.3 Å². The Morgan fingerprint density at radius 1 is 0.958 bits per heavy atom. The van der Waals surface area contributed by atoms with E-state index in [1.807, 2.05) is 0 Å². The standard InChI is InChI=1S/C18H15NO5/c20-15-10-9-12(11-16(15)21)5-1-4-8-17(22)19-14-7-3-2-6-13(14)18(23)24/h1-11,20-21H,(H,19,22)(H,23,24). The summed E-state index contributed by atoms with van der Waals surface area (Å²) in [4.78, 5) is 22.9. The second-order valence-electron chi connectivity index (χ2n) is 4.81. The minimum Gasteiger partial charge on any atom is -0.504 e. The fraction of sp³-hybridized carbons (Fsp3) is 0. The summed E-state index contributed by atoms with van der Waals surface area (Å²) in [5.41, 5.74) is 0.869. The molecule has 2 aromatic carbocycles. The number of rotatable bonds is 5. The van der Waals surface area contributed by atoms with Gasteiger partial charge >= 0.3 is 5.97 Å². The van der Waals surface area contributed by atoms with Gasteiger partial charge in [-0.25, -0.2) is 4.79 Å². The molecule has 0 spiro atoms. The molecule has 4 N–H and O–H groups in total. The van der Waals surface area contributed by atoms with Crippen LogP contribution in [0.5, 0.6) is 11.5 Å². The zero-order chi connectivity index (χ0) is 17.5. The summed E-state index contributed by atoms with van der Waals surface area (Å²) in [6.45, 7) is 0. The number of para-hydroxylation sites is 1. The molecule has 0 heterocycles. The van der Waals surface area contributed by atoms with Gasteiger partial charge in [0.25, 0.3) is 0 Å². The van der Waals surface area contributed by atoms with E-state index in [9.17, 15) is 19.8 Å². The number of aromatic hydroxyl groups is 2. The molecule has 0 atom stereocenters. The molecule has 0 fully saturated rings. The van der Waals surface area contributed by atoms with Crippen molar-refractivity contribution in [2.75, 3.05) is 5.32 Å². The van der Waals surface area contributed by atoms with E-state index in [1.54, 1.807) is 30.4 Å².